The third-order valence-corrected chi connectivity index (χ3v) is 7.78. The molecule has 0 bridgehead atoms. The zero-order valence-corrected chi connectivity index (χ0v) is 24.3. The Morgan fingerprint density at radius 2 is 1.56 bits per heavy atom. The number of aromatic nitrogens is 1. The minimum absolute atomic E-state index is 0.0198. The highest BCUT2D eigenvalue weighted by Gasteiger charge is 2.39. The first-order valence-electron chi connectivity index (χ1n) is 13.5. The van der Waals surface area contributed by atoms with Crippen LogP contribution in [0.1, 0.15) is 60.7 Å². The van der Waals surface area contributed by atoms with Crippen molar-refractivity contribution in [2.75, 3.05) is 25.6 Å². The molecule has 0 unspecified atom stereocenters. The van der Waals surface area contributed by atoms with Crippen LogP contribution in [-0.2, 0) is 27.3 Å². The van der Waals surface area contributed by atoms with Crippen LogP contribution >= 0.6 is 0 Å². The molecule has 43 heavy (non-hydrogen) atoms. The van der Waals surface area contributed by atoms with E-state index < -0.39 is 40.8 Å². The van der Waals surface area contributed by atoms with E-state index >= 15 is 0 Å². The number of pyridine rings is 1. The molecule has 4 rings (SSSR count). The number of ether oxygens (including phenoxy) is 1. The fourth-order valence-electron chi connectivity index (χ4n) is 5.52. The van der Waals surface area contributed by atoms with Crippen molar-refractivity contribution in [1.29, 1.82) is 0 Å². The van der Waals surface area contributed by atoms with Crippen molar-refractivity contribution in [3.05, 3.63) is 82.4 Å². The molecule has 1 aromatic heterocycles. The van der Waals surface area contributed by atoms with Gasteiger partial charge in [0.2, 0.25) is 0 Å². The molecular weight excluding hydrogens is 579 g/mol. The van der Waals surface area contributed by atoms with Crippen molar-refractivity contribution in [3.63, 3.8) is 0 Å². The first-order chi connectivity index (χ1) is 19.9. The smallest absolute Gasteiger partial charge is 0.416 e. The number of benzene rings is 2. The molecule has 0 saturated carbocycles. The molecule has 3 aromatic rings. The van der Waals surface area contributed by atoms with Crippen LogP contribution in [0.15, 0.2) is 48.7 Å². The van der Waals surface area contributed by atoms with Gasteiger partial charge in [0.25, 0.3) is 0 Å². The summed E-state index contributed by atoms with van der Waals surface area (Å²) in [6.45, 7) is 4.89. The first kappa shape index (κ1) is 32.2. The van der Waals surface area contributed by atoms with Crippen LogP contribution in [0, 0.1) is 12.7 Å². The zero-order chi connectivity index (χ0) is 31.9. The molecule has 1 fully saturated rings. The van der Waals surface area contributed by atoms with E-state index in [1.807, 2.05) is 6.07 Å². The van der Waals surface area contributed by atoms with Gasteiger partial charge in [-0.2, -0.15) is 26.3 Å². The SMILES string of the molecule is COC(=O)[C@@H]1CC[C@H](c2cc(-c3ccc(F)cc3C)c(N(C)CC(C)(C)c3cc(C(F)(F)F)cc(C(F)(F)F)c3)cn2)N1. The molecule has 1 aliphatic rings. The Labute approximate surface area is 245 Å². The monoisotopic (exact) mass is 611 g/mol. The van der Waals surface area contributed by atoms with Crippen LogP contribution in [0.5, 0.6) is 0 Å². The minimum atomic E-state index is -4.97. The van der Waals surface area contributed by atoms with Gasteiger partial charge in [0.1, 0.15) is 11.9 Å². The predicted molar refractivity (Wildman–Crippen MR) is 148 cm³/mol. The number of esters is 1. The summed E-state index contributed by atoms with van der Waals surface area (Å²) >= 11 is 0. The van der Waals surface area contributed by atoms with Crippen molar-refractivity contribution < 1.29 is 40.3 Å². The van der Waals surface area contributed by atoms with Crippen LogP contribution in [0.25, 0.3) is 11.1 Å². The fraction of sp³-hybridized carbons (Fsp3) is 0.419. The number of nitrogens with zero attached hydrogens (tertiary/aromatic N) is 2. The summed E-state index contributed by atoms with van der Waals surface area (Å²) < 4.78 is 100. The van der Waals surface area contributed by atoms with E-state index in [2.05, 4.69) is 10.3 Å². The van der Waals surface area contributed by atoms with Gasteiger partial charge in [-0.1, -0.05) is 19.9 Å². The second-order valence-electron chi connectivity index (χ2n) is 11.5. The number of carbonyl (C=O) groups is 1. The maximum Gasteiger partial charge on any atom is 0.416 e. The molecule has 0 amide bonds. The van der Waals surface area contributed by atoms with Crippen molar-refractivity contribution in [3.8, 4) is 11.1 Å². The normalized spacial score (nSPS) is 17.7. The highest BCUT2D eigenvalue weighted by atomic mass is 19.4. The number of methoxy groups -OCH3 is 1. The average molecular weight is 612 g/mol. The first-order valence-corrected chi connectivity index (χ1v) is 13.5. The van der Waals surface area contributed by atoms with Crippen LogP contribution in [0.3, 0.4) is 0 Å². The summed E-state index contributed by atoms with van der Waals surface area (Å²) in [5.41, 5.74) is -0.974. The number of alkyl halides is 6. The Hall–Kier alpha value is -3.67. The van der Waals surface area contributed by atoms with Crippen LogP contribution in [0.2, 0.25) is 0 Å². The maximum absolute atomic E-state index is 14.0. The van der Waals surface area contributed by atoms with Gasteiger partial charge in [0.15, 0.2) is 0 Å². The van der Waals surface area contributed by atoms with E-state index in [0.29, 0.717) is 40.9 Å². The Morgan fingerprint density at radius 1 is 0.953 bits per heavy atom. The lowest BCUT2D eigenvalue weighted by molar-refractivity contribution is -0.144. The van der Waals surface area contributed by atoms with Crippen LogP contribution in [0.4, 0.5) is 36.4 Å². The lowest BCUT2D eigenvalue weighted by atomic mass is 9.82. The summed E-state index contributed by atoms with van der Waals surface area (Å²) in [5, 5.41) is 3.21. The summed E-state index contributed by atoms with van der Waals surface area (Å²) in [5.74, 6) is -0.825. The number of hydrogen-bond acceptors (Lipinski definition) is 5. The summed E-state index contributed by atoms with van der Waals surface area (Å²) in [4.78, 5) is 18.3. The largest absolute Gasteiger partial charge is 0.468 e. The van der Waals surface area contributed by atoms with Gasteiger partial charge in [-0.25, -0.2) is 4.39 Å². The fourth-order valence-corrected chi connectivity index (χ4v) is 5.52. The molecule has 0 aliphatic carbocycles. The lowest BCUT2D eigenvalue weighted by Gasteiger charge is -2.34. The molecule has 5 nitrogen and oxygen atoms in total. The van der Waals surface area contributed by atoms with Gasteiger partial charge in [0.05, 0.1) is 41.9 Å². The molecule has 1 aliphatic heterocycles. The maximum atomic E-state index is 14.0. The Bertz CT molecular complexity index is 1470. The molecule has 0 radical (unpaired) electrons. The molecule has 0 spiro atoms. The van der Waals surface area contributed by atoms with Gasteiger partial charge >= 0.3 is 18.3 Å². The highest BCUT2D eigenvalue weighted by molar-refractivity contribution is 5.80. The number of nitrogens with one attached hydrogen (secondary N) is 1. The number of hydrogen-bond donors (Lipinski definition) is 1. The topological polar surface area (TPSA) is 54.5 Å². The van der Waals surface area contributed by atoms with Crippen LogP contribution < -0.4 is 10.2 Å². The quantitative estimate of drug-likeness (QED) is 0.220. The summed E-state index contributed by atoms with van der Waals surface area (Å²) in [6.07, 6.45) is -7.22. The number of rotatable bonds is 7. The molecule has 1 saturated heterocycles. The van der Waals surface area contributed by atoms with Gasteiger partial charge in [-0.15, -0.1) is 0 Å². The highest BCUT2D eigenvalue weighted by Crippen LogP contribution is 2.41. The predicted octanol–water partition coefficient (Wildman–Crippen LogP) is 7.61. The Morgan fingerprint density at radius 3 is 2.12 bits per heavy atom. The van der Waals surface area contributed by atoms with Crippen molar-refractivity contribution >= 4 is 11.7 Å². The van der Waals surface area contributed by atoms with Crippen molar-refractivity contribution in [2.24, 2.45) is 0 Å². The van der Waals surface area contributed by atoms with Gasteiger partial charge < -0.3 is 9.64 Å². The van der Waals surface area contributed by atoms with Gasteiger partial charge in [0, 0.05) is 24.6 Å². The number of likely N-dealkylation sites (N-methyl/N-ethyl adjacent to an activating group) is 1. The zero-order valence-electron chi connectivity index (χ0n) is 24.3. The summed E-state index contributed by atoms with van der Waals surface area (Å²) in [7, 11) is 2.97. The molecule has 232 valence electrons. The molecule has 1 N–H and O–H groups in total. The average Bonchev–Trinajstić information content (AvgIpc) is 3.41. The van der Waals surface area contributed by atoms with E-state index in [1.165, 1.54) is 19.2 Å². The van der Waals surface area contributed by atoms with E-state index in [0.717, 1.165) is 12.1 Å². The standard InChI is InChI=1S/C31H32F7N3O2/c1-17-10-21(32)6-7-22(17)23-14-26(24-8-9-25(40-24)28(42)43-5)39-15-27(23)41(4)16-29(2,3)18-11-19(30(33,34)35)13-20(12-18)31(36,37)38/h6-7,10-15,24-25,40H,8-9,16H2,1-5H3/t24-,25+/m1/s1. The second kappa shape index (κ2) is 11.8. The van der Waals surface area contributed by atoms with E-state index in [-0.39, 0.29) is 30.2 Å². The van der Waals surface area contributed by atoms with E-state index in [4.69, 9.17) is 4.74 Å². The minimum Gasteiger partial charge on any atom is -0.468 e. The molecule has 2 atom stereocenters. The van der Waals surface area contributed by atoms with E-state index in [1.54, 1.807) is 45.0 Å². The number of aryl methyl sites for hydroxylation is 1. The van der Waals surface area contributed by atoms with E-state index in [9.17, 15) is 35.5 Å². The molecule has 2 heterocycles. The summed E-state index contributed by atoms with van der Waals surface area (Å²) in [6, 6.07) is 6.93. The van der Waals surface area contributed by atoms with Crippen molar-refractivity contribution in [2.45, 2.75) is 63.5 Å². The van der Waals surface area contributed by atoms with Crippen molar-refractivity contribution in [1.82, 2.24) is 10.3 Å². The molecule has 2 aromatic carbocycles. The van der Waals surface area contributed by atoms with Crippen LogP contribution in [-0.4, -0.2) is 37.7 Å². The Balaban J connectivity index is 1.75. The second-order valence-corrected chi connectivity index (χ2v) is 11.5. The number of anilines is 1. The Kier molecular flexibility index (Phi) is 8.84. The third-order valence-electron chi connectivity index (χ3n) is 7.78. The molecule has 12 heteroatoms. The lowest BCUT2D eigenvalue weighted by Crippen LogP contribution is -2.35. The van der Waals surface area contributed by atoms with Gasteiger partial charge in [-0.05, 0) is 72.9 Å². The number of carbonyl (C=O) groups excluding carboxylic acids is 1. The molecular formula is C31H32F7N3O2. The third kappa shape index (κ3) is 7.11. The number of halogens is 7. The van der Waals surface area contributed by atoms with Gasteiger partial charge in [-0.3, -0.25) is 15.1 Å².